The second-order valence-electron chi connectivity index (χ2n) is 4.69. The Morgan fingerprint density at radius 1 is 1.44 bits per heavy atom. The highest BCUT2D eigenvalue weighted by atomic mass is 79.9. The lowest BCUT2D eigenvalue weighted by atomic mass is 9.98. The topological polar surface area (TPSA) is 75.4 Å². The van der Waals surface area contributed by atoms with Crippen LogP contribution in [0, 0.1) is 10.1 Å². The number of rotatable bonds is 4. The number of nitro groups is 1. The number of aliphatic hydroxyl groups excluding tert-OH is 1. The first-order chi connectivity index (χ1) is 8.56. The summed E-state index contributed by atoms with van der Waals surface area (Å²) in [6.07, 6.45) is 4.04. The van der Waals surface area contributed by atoms with Crippen LogP contribution in [0.1, 0.15) is 25.7 Å². The fourth-order valence-corrected chi connectivity index (χ4v) is 2.84. The van der Waals surface area contributed by atoms with E-state index in [1.807, 2.05) is 0 Å². The van der Waals surface area contributed by atoms with E-state index in [2.05, 4.69) is 21.2 Å². The van der Waals surface area contributed by atoms with Gasteiger partial charge in [0.25, 0.3) is 5.69 Å². The van der Waals surface area contributed by atoms with Crippen molar-refractivity contribution >= 4 is 27.3 Å². The van der Waals surface area contributed by atoms with Crippen molar-refractivity contribution in [1.29, 1.82) is 0 Å². The van der Waals surface area contributed by atoms with Gasteiger partial charge < -0.3 is 10.4 Å². The summed E-state index contributed by atoms with van der Waals surface area (Å²) in [6, 6.07) is 4.62. The molecule has 0 aromatic heterocycles. The predicted molar refractivity (Wildman–Crippen MR) is 72.7 cm³/mol. The molecular formula is C12H15BrN2O3. The molecule has 1 aromatic rings. The second-order valence-corrected chi connectivity index (χ2v) is 5.55. The summed E-state index contributed by atoms with van der Waals surface area (Å²) >= 11 is 3.33. The molecule has 0 atom stereocenters. The van der Waals surface area contributed by atoms with E-state index in [0.717, 1.165) is 31.4 Å². The Kier molecular flexibility index (Phi) is 3.87. The summed E-state index contributed by atoms with van der Waals surface area (Å²) in [5, 5.41) is 23.5. The van der Waals surface area contributed by atoms with E-state index in [4.69, 9.17) is 0 Å². The van der Waals surface area contributed by atoms with Gasteiger partial charge in [-0.15, -0.1) is 0 Å². The number of hydrogen-bond acceptors (Lipinski definition) is 4. The summed E-state index contributed by atoms with van der Waals surface area (Å²) < 4.78 is 0.649. The number of non-ortho nitro benzene ring substituents is 1. The van der Waals surface area contributed by atoms with Crippen molar-refractivity contribution in [3.8, 4) is 0 Å². The normalized spacial score (nSPS) is 17.7. The Morgan fingerprint density at radius 2 is 2.11 bits per heavy atom. The molecule has 1 aliphatic carbocycles. The Labute approximate surface area is 113 Å². The zero-order valence-electron chi connectivity index (χ0n) is 9.86. The van der Waals surface area contributed by atoms with E-state index < -0.39 is 4.92 Å². The van der Waals surface area contributed by atoms with E-state index >= 15 is 0 Å². The molecule has 0 unspecified atom stereocenters. The summed E-state index contributed by atoms with van der Waals surface area (Å²) in [5.74, 6) is 0. The zero-order chi connectivity index (χ0) is 13.2. The van der Waals surface area contributed by atoms with Crippen LogP contribution >= 0.6 is 15.9 Å². The van der Waals surface area contributed by atoms with Crippen LogP contribution in [0.2, 0.25) is 0 Å². The van der Waals surface area contributed by atoms with Crippen LogP contribution in [0.25, 0.3) is 0 Å². The SMILES string of the molecule is O=[N+]([O-])c1ccc(NC2(CO)CCCC2)c(Br)c1. The van der Waals surface area contributed by atoms with Gasteiger partial charge in [-0.05, 0) is 34.8 Å². The lowest BCUT2D eigenvalue weighted by molar-refractivity contribution is -0.384. The maximum atomic E-state index is 10.7. The summed E-state index contributed by atoms with van der Waals surface area (Å²) in [4.78, 5) is 10.2. The average Bonchev–Trinajstić information content (AvgIpc) is 2.81. The van der Waals surface area contributed by atoms with Gasteiger partial charge in [0.2, 0.25) is 0 Å². The molecule has 18 heavy (non-hydrogen) atoms. The zero-order valence-corrected chi connectivity index (χ0v) is 11.4. The number of halogens is 1. The largest absolute Gasteiger partial charge is 0.394 e. The van der Waals surface area contributed by atoms with Gasteiger partial charge in [-0.1, -0.05) is 12.8 Å². The molecule has 1 aromatic carbocycles. The predicted octanol–water partition coefficient (Wildman–Crippen LogP) is 3.07. The lowest BCUT2D eigenvalue weighted by Crippen LogP contribution is -2.39. The van der Waals surface area contributed by atoms with Crippen molar-refractivity contribution in [2.45, 2.75) is 31.2 Å². The molecule has 0 radical (unpaired) electrons. The van der Waals surface area contributed by atoms with E-state index in [1.54, 1.807) is 6.07 Å². The minimum absolute atomic E-state index is 0.0527. The molecule has 1 aliphatic rings. The third-order valence-electron chi connectivity index (χ3n) is 3.43. The number of anilines is 1. The number of aliphatic hydroxyl groups is 1. The first-order valence-corrected chi connectivity index (χ1v) is 6.69. The molecule has 0 aliphatic heterocycles. The Balaban J connectivity index is 2.21. The fourth-order valence-electron chi connectivity index (χ4n) is 2.38. The van der Waals surface area contributed by atoms with Crippen molar-refractivity contribution in [2.75, 3.05) is 11.9 Å². The van der Waals surface area contributed by atoms with Crippen molar-refractivity contribution in [3.05, 3.63) is 32.8 Å². The molecule has 2 N–H and O–H groups in total. The lowest BCUT2D eigenvalue weighted by Gasteiger charge is -2.29. The van der Waals surface area contributed by atoms with Crippen LogP contribution in [0.5, 0.6) is 0 Å². The number of nitro benzene ring substituents is 1. The van der Waals surface area contributed by atoms with Gasteiger partial charge in [-0.2, -0.15) is 0 Å². The molecule has 5 nitrogen and oxygen atoms in total. The van der Waals surface area contributed by atoms with Gasteiger partial charge >= 0.3 is 0 Å². The van der Waals surface area contributed by atoms with Gasteiger partial charge in [0.15, 0.2) is 0 Å². The maximum Gasteiger partial charge on any atom is 0.270 e. The van der Waals surface area contributed by atoms with Gasteiger partial charge in [-0.25, -0.2) is 0 Å². The highest BCUT2D eigenvalue weighted by Crippen LogP contribution is 2.36. The standard InChI is InChI=1S/C12H15BrN2O3/c13-10-7-9(15(17)18)3-4-11(10)14-12(8-16)5-1-2-6-12/h3-4,7,14,16H,1-2,5-6,8H2. The van der Waals surface area contributed by atoms with Crippen LogP contribution in [0.3, 0.4) is 0 Å². The van der Waals surface area contributed by atoms with Gasteiger partial charge in [0, 0.05) is 22.3 Å². The maximum absolute atomic E-state index is 10.7. The number of hydrogen-bond donors (Lipinski definition) is 2. The number of nitrogens with one attached hydrogen (secondary N) is 1. The van der Waals surface area contributed by atoms with E-state index in [9.17, 15) is 15.2 Å². The van der Waals surface area contributed by atoms with Crippen molar-refractivity contribution in [2.24, 2.45) is 0 Å². The average molecular weight is 315 g/mol. The molecule has 1 saturated carbocycles. The summed E-state index contributed by atoms with van der Waals surface area (Å²) in [6.45, 7) is 0.0798. The van der Waals surface area contributed by atoms with Crippen LogP contribution < -0.4 is 5.32 Å². The Bertz CT molecular complexity index is 459. The molecule has 1 fully saturated rings. The number of nitrogens with zero attached hydrogens (tertiary/aromatic N) is 1. The van der Waals surface area contributed by atoms with Gasteiger partial charge in [0.05, 0.1) is 17.1 Å². The Hall–Kier alpha value is -1.14. The highest BCUT2D eigenvalue weighted by Gasteiger charge is 2.33. The minimum Gasteiger partial charge on any atom is -0.394 e. The van der Waals surface area contributed by atoms with Crippen molar-refractivity contribution < 1.29 is 10.0 Å². The monoisotopic (exact) mass is 314 g/mol. The molecule has 0 saturated heterocycles. The smallest absolute Gasteiger partial charge is 0.270 e. The second kappa shape index (κ2) is 5.24. The van der Waals surface area contributed by atoms with Gasteiger partial charge in [0.1, 0.15) is 0 Å². The third kappa shape index (κ3) is 2.64. The van der Waals surface area contributed by atoms with E-state index in [0.29, 0.717) is 4.47 Å². The summed E-state index contributed by atoms with van der Waals surface area (Å²) in [5.41, 5.74) is 0.562. The molecule has 0 spiro atoms. The molecule has 2 rings (SSSR count). The van der Waals surface area contributed by atoms with E-state index in [-0.39, 0.29) is 17.8 Å². The molecule has 0 heterocycles. The first-order valence-electron chi connectivity index (χ1n) is 5.89. The molecule has 6 heteroatoms. The third-order valence-corrected chi connectivity index (χ3v) is 4.08. The number of benzene rings is 1. The first kappa shape index (κ1) is 13.3. The van der Waals surface area contributed by atoms with Crippen LogP contribution in [-0.4, -0.2) is 22.2 Å². The molecule has 0 bridgehead atoms. The summed E-state index contributed by atoms with van der Waals surface area (Å²) in [7, 11) is 0. The fraction of sp³-hybridized carbons (Fsp3) is 0.500. The van der Waals surface area contributed by atoms with Crippen LogP contribution in [0.15, 0.2) is 22.7 Å². The van der Waals surface area contributed by atoms with Gasteiger partial charge in [-0.3, -0.25) is 10.1 Å². The minimum atomic E-state index is -0.425. The van der Waals surface area contributed by atoms with Crippen LogP contribution in [0.4, 0.5) is 11.4 Å². The highest BCUT2D eigenvalue weighted by molar-refractivity contribution is 9.10. The molecule has 0 amide bonds. The Morgan fingerprint density at radius 3 is 2.61 bits per heavy atom. The van der Waals surface area contributed by atoms with E-state index in [1.165, 1.54) is 12.1 Å². The quantitative estimate of drug-likeness (QED) is 0.661. The van der Waals surface area contributed by atoms with Crippen LogP contribution in [-0.2, 0) is 0 Å². The van der Waals surface area contributed by atoms with Crippen molar-refractivity contribution in [1.82, 2.24) is 0 Å². The van der Waals surface area contributed by atoms with Crippen molar-refractivity contribution in [3.63, 3.8) is 0 Å². The molecular weight excluding hydrogens is 300 g/mol. The molecule has 98 valence electrons.